The van der Waals surface area contributed by atoms with Gasteiger partial charge in [-0.2, -0.15) is 0 Å². The predicted molar refractivity (Wildman–Crippen MR) is 133 cm³/mol. The fourth-order valence-electron chi connectivity index (χ4n) is 3.56. The minimum atomic E-state index is -0.923. The number of carbonyl (C=O) groups is 2. The molecule has 0 aliphatic rings. The van der Waals surface area contributed by atoms with E-state index in [1.54, 1.807) is 71.1 Å². The van der Waals surface area contributed by atoms with E-state index in [4.69, 9.17) is 13.9 Å². The van der Waals surface area contributed by atoms with Crippen LogP contribution in [0, 0.1) is 5.92 Å². The number of amides is 1. The van der Waals surface area contributed by atoms with Crippen molar-refractivity contribution < 1.29 is 23.5 Å². The summed E-state index contributed by atoms with van der Waals surface area (Å²) in [6.45, 7) is 10.8. The first-order valence-electron chi connectivity index (χ1n) is 11.7. The third kappa shape index (κ3) is 6.47. The van der Waals surface area contributed by atoms with Crippen LogP contribution in [-0.2, 0) is 16.0 Å². The highest BCUT2D eigenvalue weighted by Crippen LogP contribution is 2.28. The van der Waals surface area contributed by atoms with Crippen molar-refractivity contribution in [3.63, 3.8) is 0 Å². The molecule has 2 aromatic heterocycles. The zero-order valence-electron chi connectivity index (χ0n) is 21.0. The van der Waals surface area contributed by atoms with E-state index >= 15 is 0 Å². The van der Waals surface area contributed by atoms with E-state index in [-0.39, 0.29) is 17.1 Å². The standard InChI is InChI=1S/C27H32N2O6/c1-7-10-17-13-18-22(33-15-19(24(18)30)20-11-8-9-12-28-20)14-21(17)34-25(31)23(16(2)3)29-26(32)35-27(4,5)6/h8-9,11-16,23H,7,10H2,1-6H3,(H,29,32)/t23-/m1/s1. The van der Waals surface area contributed by atoms with E-state index in [0.717, 1.165) is 6.42 Å². The molecule has 35 heavy (non-hydrogen) atoms. The minimum absolute atomic E-state index is 0.216. The summed E-state index contributed by atoms with van der Waals surface area (Å²) in [5.74, 6) is -0.589. The molecule has 1 N–H and O–H groups in total. The highest BCUT2D eigenvalue weighted by molar-refractivity contribution is 5.86. The summed E-state index contributed by atoms with van der Waals surface area (Å²) < 4.78 is 16.8. The van der Waals surface area contributed by atoms with Gasteiger partial charge in [0, 0.05) is 12.3 Å². The first-order chi connectivity index (χ1) is 16.5. The van der Waals surface area contributed by atoms with Gasteiger partial charge in [-0.25, -0.2) is 9.59 Å². The van der Waals surface area contributed by atoms with Gasteiger partial charge in [-0.05, 0) is 56.9 Å². The molecular weight excluding hydrogens is 448 g/mol. The number of alkyl carbamates (subject to hydrolysis) is 1. The Hall–Kier alpha value is -3.68. The molecule has 8 nitrogen and oxygen atoms in total. The Morgan fingerprint density at radius 2 is 1.91 bits per heavy atom. The number of esters is 1. The van der Waals surface area contributed by atoms with Crippen LogP contribution in [0.5, 0.6) is 5.75 Å². The van der Waals surface area contributed by atoms with Crippen LogP contribution < -0.4 is 15.5 Å². The number of pyridine rings is 1. The second-order valence-corrected chi connectivity index (χ2v) is 9.69. The average molecular weight is 481 g/mol. The fourth-order valence-corrected chi connectivity index (χ4v) is 3.56. The van der Waals surface area contributed by atoms with Crippen molar-refractivity contribution in [2.75, 3.05) is 0 Å². The lowest BCUT2D eigenvalue weighted by Crippen LogP contribution is -2.48. The molecule has 0 aliphatic heterocycles. The van der Waals surface area contributed by atoms with Crippen LogP contribution in [0.3, 0.4) is 0 Å². The molecule has 1 aromatic carbocycles. The van der Waals surface area contributed by atoms with E-state index in [9.17, 15) is 14.4 Å². The van der Waals surface area contributed by atoms with Crippen LogP contribution >= 0.6 is 0 Å². The summed E-state index contributed by atoms with van der Waals surface area (Å²) in [7, 11) is 0. The van der Waals surface area contributed by atoms with Gasteiger partial charge in [0.05, 0.1) is 16.6 Å². The second kappa shape index (κ2) is 10.7. The molecule has 1 amide bonds. The van der Waals surface area contributed by atoms with Gasteiger partial charge in [-0.1, -0.05) is 33.3 Å². The number of ether oxygens (including phenoxy) is 2. The van der Waals surface area contributed by atoms with Crippen LogP contribution in [0.1, 0.15) is 53.5 Å². The Kier molecular flexibility index (Phi) is 7.94. The van der Waals surface area contributed by atoms with E-state index in [2.05, 4.69) is 10.3 Å². The molecule has 0 aliphatic carbocycles. The predicted octanol–water partition coefficient (Wildman–Crippen LogP) is 5.26. The Labute approximate surface area is 204 Å². The van der Waals surface area contributed by atoms with Crippen molar-refractivity contribution in [2.24, 2.45) is 5.92 Å². The Bertz CT molecular complexity index is 1260. The maximum absolute atomic E-state index is 13.2. The summed E-state index contributed by atoms with van der Waals surface area (Å²) in [5, 5.41) is 2.98. The van der Waals surface area contributed by atoms with Gasteiger partial charge < -0.3 is 19.2 Å². The van der Waals surface area contributed by atoms with Crippen LogP contribution in [0.4, 0.5) is 4.79 Å². The van der Waals surface area contributed by atoms with E-state index < -0.39 is 23.7 Å². The third-order valence-corrected chi connectivity index (χ3v) is 5.22. The van der Waals surface area contributed by atoms with Gasteiger partial charge >= 0.3 is 12.1 Å². The number of aryl methyl sites for hydroxylation is 1. The van der Waals surface area contributed by atoms with E-state index in [0.29, 0.717) is 34.2 Å². The van der Waals surface area contributed by atoms with Crippen molar-refractivity contribution >= 4 is 23.0 Å². The molecule has 8 heteroatoms. The Morgan fingerprint density at radius 1 is 1.17 bits per heavy atom. The molecule has 186 valence electrons. The topological polar surface area (TPSA) is 108 Å². The quantitative estimate of drug-likeness (QED) is 0.363. The first kappa shape index (κ1) is 25.9. The lowest BCUT2D eigenvalue weighted by Gasteiger charge is -2.25. The Morgan fingerprint density at radius 3 is 2.51 bits per heavy atom. The molecule has 0 radical (unpaired) electrons. The summed E-state index contributed by atoms with van der Waals surface area (Å²) in [4.78, 5) is 42.7. The SMILES string of the molecule is CCCc1cc2c(=O)c(-c3ccccn3)coc2cc1OC(=O)[C@H](NC(=O)OC(C)(C)C)C(C)C. The van der Waals surface area contributed by atoms with Gasteiger partial charge in [-0.3, -0.25) is 9.78 Å². The number of carbonyl (C=O) groups excluding carboxylic acids is 2. The third-order valence-electron chi connectivity index (χ3n) is 5.22. The highest BCUT2D eigenvalue weighted by Gasteiger charge is 2.29. The largest absolute Gasteiger partial charge is 0.463 e. The Balaban J connectivity index is 1.95. The van der Waals surface area contributed by atoms with Crippen LogP contribution in [0.15, 0.2) is 52.0 Å². The van der Waals surface area contributed by atoms with Gasteiger partial charge in [0.15, 0.2) is 0 Å². The lowest BCUT2D eigenvalue weighted by atomic mass is 10.0. The van der Waals surface area contributed by atoms with Gasteiger partial charge in [-0.15, -0.1) is 0 Å². The number of benzene rings is 1. The van der Waals surface area contributed by atoms with Crippen molar-refractivity contribution in [3.8, 4) is 17.0 Å². The molecule has 0 fully saturated rings. The average Bonchev–Trinajstić information content (AvgIpc) is 2.78. The molecular formula is C27H32N2O6. The van der Waals surface area contributed by atoms with Crippen molar-refractivity contribution in [3.05, 3.63) is 58.6 Å². The maximum Gasteiger partial charge on any atom is 0.408 e. The van der Waals surface area contributed by atoms with Crippen molar-refractivity contribution in [2.45, 2.75) is 66.0 Å². The molecule has 3 rings (SSSR count). The molecule has 1 atom stereocenters. The first-order valence-corrected chi connectivity index (χ1v) is 11.7. The monoisotopic (exact) mass is 480 g/mol. The van der Waals surface area contributed by atoms with Crippen LogP contribution in [0.2, 0.25) is 0 Å². The zero-order valence-corrected chi connectivity index (χ0v) is 21.0. The molecule has 0 saturated heterocycles. The number of hydrogen-bond donors (Lipinski definition) is 1. The van der Waals surface area contributed by atoms with Crippen molar-refractivity contribution in [1.82, 2.24) is 10.3 Å². The number of aromatic nitrogens is 1. The van der Waals surface area contributed by atoms with E-state index in [1.165, 1.54) is 6.26 Å². The molecule has 2 heterocycles. The lowest BCUT2D eigenvalue weighted by molar-refractivity contribution is -0.138. The smallest absolute Gasteiger partial charge is 0.408 e. The highest BCUT2D eigenvalue weighted by atomic mass is 16.6. The summed E-state index contributed by atoms with van der Waals surface area (Å²) >= 11 is 0. The van der Waals surface area contributed by atoms with Crippen LogP contribution in [-0.4, -0.2) is 28.7 Å². The maximum atomic E-state index is 13.2. The number of fused-ring (bicyclic) bond motifs is 1. The van der Waals surface area contributed by atoms with E-state index in [1.807, 2.05) is 6.92 Å². The van der Waals surface area contributed by atoms with Crippen molar-refractivity contribution in [1.29, 1.82) is 0 Å². The summed E-state index contributed by atoms with van der Waals surface area (Å²) in [6.07, 6.45) is 3.62. The molecule has 3 aromatic rings. The molecule has 0 saturated carbocycles. The number of rotatable bonds is 7. The molecule has 0 spiro atoms. The normalized spacial score (nSPS) is 12.4. The number of nitrogens with zero attached hydrogens (tertiary/aromatic N) is 1. The minimum Gasteiger partial charge on any atom is -0.463 e. The van der Waals surface area contributed by atoms with Crippen LogP contribution in [0.25, 0.3) is 22.2 Å². The molecule has 0 bridgehead atoms. The van der Waals surface area contributed by atoms with Gasteiger partial charge in [0.25, 0.3) is 0 Å². The summed E-state index contributed by atoms with van der Waals surface area (Å²) in [6, 6.07) is 7.64. The number of hydrogen-bond acceptors (Lipinski definition) is 7. The van der Waals surface area contributed by atoms with Gasteiger partial charge in [0.1, 0.15) is 29.2 Å². The summed E-state index contributed by atoms with van der Waals surface area (Å²) in [5.41, 5.74) is 0.938. The zero-order chi connectivity index (χ0) is 25.8. The van der Waals surface area contributed by atoms with Gasteiger partial charge in [0.2, 0.25) is 5.43 Å². The molecule has 0 unspecified atom stereocenters. The second-order valence-electron chi connectivity index (χ2n) is 9.69. The number of nitrogens with one attached hydrogen (secondary N) is 1. The fraction of sp³-hybridized carbons (Fsp3) is 0.407.